The molecular formula is C34H36N2O3. The van der Waals surface area contributed by atoms with Gasteiger partial charge >= 0.3 is 5.97 Å². The lowest BCUT2D eigenvalue weighted by atomic mass is 9.87. The second-order valence-corrected chi connectivity index (χ2v) is 11.3. The van der Waals surface area contributed by atoms with Gasteiger partial charge in [-0.3, -0.25) is 4.98 Å². The van der Waals surface area contributed by atoms with Crippen molar-refractivity contribution in [1.29, 1.82) is 0 Å². The summed E-state index contributed by atoms with van der Waals surface area (Å²) < 4.78 is 6.16. The van der Waals surface area contributed by atoms with E-state index in [2.05, 4.69) is 84.6 Å². The molecule has 1 aliphatic heterocycles. The molecule has 0 aliphatic carbocycles. The minimum absolute atomic E-state index is 0.636. The molecule has 1 aliphatic rings. The number of anilines is 1. The first-order valence-electron chi connectivity index (χ1n) is 13.5. The topological polar surface area (TPSA) is 62.7 Å². The van der Waals surface area contributed by atoms with Crippen molar-refractivity contribution in [2.45, 2.75) is 59.3 Å². The molecule has 1 unspecified atom stereocenters. The number of carboxylic acids is 1. The van der Waals surface area contributed by atoms with Gasteiger partial charge in [-0.25, -0.2) is 4.79 Å². The van der Waals surface area contributed by atoms with Gasteiger partial charge < -0.3 is 14.7 Å². The minimum Gasteiger partial charge on any atom is -0.479 e. The normalized spacial score (nSPS) is 14.1. The van der Waals surface area contributed by atoms with Crippen LogP contribution in [0.2, 0.25) is 0 Å². The quantitative estimate of drug-likeness (QED) is 0.285. The lowest BCUT2D eigenvalue weighted by Gasteiger charge is -2.34. The van der Waals surface area contributed by atoms with Crippen molar-refractivity contribution < 1.29 is 14.6 Å². The molecule has 5 rings (SSSR count). The van der Waals surface area contributed by atoms with Gasteiger partial charge in [-0.1, -0.05) is 72.3 Å². The monoisotopic (exact) mass is 520 g/mol. The molecule has 1 N–H and O–H groups in total. The van der Waals surface area contributed by atoms with Crippen molar-refractivity contribution in [3.63, 3.8) is 0 Å². The first-order valence-corrected chi connectivity index (χ1v) is 13.5. The fraction of sp³-hybridized carbons (Fsp3) is 0.294. The van der Waals surface area contributed by atoms with Crippen molar-refractivity contribution in [1.82, 2.24) is 4.98 Å². The van der Waals surface area contributed by atoms with Crippen LogP contribution in [0.1, 0.15) is 55.0 Å². The zero-order valence-corrected chi connectivity index (χ0v) is 23.4. The number of pyridine rings is 1. The fourth-order valence-corrected chi connectivity index (χ4v) is 5.38. The first kappa shape index (κ1) is 26.6. The van der Waals surface area contributed by atoms with E-state index >= 15 is 0 Å². The summed E-state index contributed by atoms with van der Waals surface area (Å²) >= 11 is 0. The summed E-state index contributed by atoms with van der Waals surface area (Å²) in [4.78, 5) is 19.9. The van der Waals surface area contributed by atoms with E-state index in [1.54, 1.807) is 0 Å². The van der Waals surface area contributed by atoms with Crippen LogP contribution in [0.5, 0.6) is 0 Å². The average molecular weight is 521 g/mol. The van der Waals surface area contributed by atoms with E-state index in [1.807, 2.05) is 33.8 Å². The van der Waals surface area contributed by atoms with Crippen LogP contribution >= 0.6 is 0 Å². The van der Waals surface area contributed by atoms with Gasteiger partial charge in [0.25, 0.3) is 0 Å². The second kappa shape index (κ2) is 10.7. The molecule has 2 heterocycles. The van der Waals surface area contributed by atoms with Gasteiger partial charge in [0.1, 0.15) is 0 Å². The molecule has 0 fully saturated rings. The number of rotatable bonds is 6. The molecule has 1 atom stereocenters. The van der Waals surface area contributed by atoms with E-state index in [-0.39, 0.29) is 0 Å². The zero-order valence-electron chi connectivity index (χ0n) is 23.4. The fourth-order valence-electron chi connectivity index (χ4n) is 5.38. The Morgan fingerprint density at radius 1 is 0.897 bits per heavy atom. The molecule has 0 saturated carbocycles. The van der Waals surface area contributed by atoms with E-state index in [0.717, 1.165) is 46.6 Å². The Morgan fingerprint density at radius 2 is 1.51 bits per heavy atom. The number of aryl methyl sites for hydroxylation is 2. The van der Waals surface area contributed by atoms with Crippen molar-refractivity contribution in [3.8, 4) is 22.3 Å². The predicted octanol–water partition coefficient (Wildman–Crippen LogP) is 7.54. The molecule has 1 aromatic heterocycles. The lowest BCUT2D eigenvalue weighted by Crippen LogP contribution is -2.33. The van der Waals surface area contributed by atoms with Gasteiger partial charge in [-0.2, -0.15) is 0 Å². The molecule has 5 nitrogen and oxygen atoms in total. The number of fused-ring (bicyclic) bond motifs is 1. The highest BCUT2D eigenvalue weighted by atomic mass is 16.5. The molecule has 39 heavy (non-hydrogen) atoms. The molecule has 200 valence electrons. The smallest absolute Gasteiger partial charge is 0.337 e. The first-order chi connectivity index (χ1) is 18.6. The van der Waals surface area contributed by atoms with Crippen LogP contribution in [0, 0.1) is 13.8 Å². The number of carbonyl (C=O) groups is 1. The second-order valence-electron chi connectivity index (χ2n) is 11.3. The van der Waals surface area contributed by atoms with Crippen LogP contribution < -0.4 is 4.90 Å². The van der Waals surface area contributed by atoms with Crippen molar-refractivity contribution in [2.75, 3.05) is 11.4 Å². The van der Waals surface area contributed by atoms with E-state index in [4.69, 9.17) is 9.72 Å². The summed E-state index contributed by atoms with van der Waals surface area (Å²) in [6, 6.07) is 27.4. The van der Waals surface area contributed by atoms with Crippen LogP contribution in [0.4, 0.5) is 5.69 Å². The van der Waals surface area contributed by atoms with E-state index in [0.29, 0.717) is 17.8 Å². The molecule has 4 aromatic rings. The average Bonchev–Trinajstić information content (AvgIpc) is 2.91. The maximum absolute atomic E-state index is 12.6. The third kappa shape index (κ3) is 5.74. The summed E-state index contributed by atoms with van der Waals surface area (Å²) in [6.07, 6.45) is -0.340. The molecular weight excluding hydrogens is 484 g/mol. The van der Waals surface area contributed by atoms with Gasteiger partial charge in [0, 0.05) is 47.7 Å². The lowest BCUT2D eigenvalue weighted by molar-refractivity contribution is -0.160. The number of ether oxygens (including phenoxy) is 1. The highest BCUT2D eigenvalue weighted by Crippen LogP contribution is 2.41. The Bertz CT molecular complexity index is 1470. The Hall–Kier alpha value is -3.96. The molecule has 0 spiro atoms. The molecule has 0 bridgehead atoms. The number of nitrogens with zero attached hydrogens (tertiary/aromatic N) is 2. The number of aliphatic carboxylic acids is 1. The third-order valence-electron chi connectivity index (χ3n) is 7.22. The van der Waals surface area contributed by atoms with E-state index < -0.39 is 17.7 Å². The Balaban J connectivity index is 1.60. The summed E-state index contributed by atoms with van der Waals surface area (Å²) in [7, 11) is 0. The van der Waals surface area contributed by atoms with Gasteiger partial charge in [0.2, 0.25) is 0 Å². The van der Waals surface area contributed by atoms with Crippen LogP contribution in [-0.4, -0.2) is 28.2 Å². The highest BCUT2D eigenvalue weighted by molar-refractivity contribution is 5.83. The summed E-state index contributed by atoms with van der Waals surface area (Å²) in [6.45, 7) is 11.1. The Labute approximate surface area is 231 Å². The van der Waals surface area contributed by atoms with Gasteiger partial charge in [-0.15, -0.1) is 0 Å². The van der Waals surface area contributed by atoms with E-state index in [9.17, 15) is 9.90 Å². The van der Waals surface area contributed by atoms with Crippen LogP contribution in [0.15, 0.2) is 78.9 Å². The minimum atomic E-state index is -1.13. The maximum atomic E-state index is 12.6. The number of benzene rings is 3. The summed E-state index contributed by atoms with van der Waals surface area (Å²) in [5, 5.41) is 10.3. The molecule has 0 amide bonds. The van der Waals surface area contributed by atoms with Crippen molar-refractivity contribution in [2.24, 2.45) is 0 Å². The SMILES string of the molecule is Cc1ccc(-c2c3c(nc(C)c2C(OC(C)(C)C)C(=O)O)CCN(c2ccc(-c4ccccc4)cc2)C3)cc1. The highest BCUT2D eigenvalue weighted by Gasteiger charge is 2.34. The molecule has 0 radical (unpaired) electrons. The zero-order chi connectivity index (χ0) is 27.7. The third-order valence-corrected chi connectivity index (χ3v) is 7.22. The van der Waals surface area contributed by atoms with E-state index in [1.165, 1.54) is 11.1 Å². The van der Waals surface area contributed by atoms with Crippen LogP contribution in [-0.2, 0) is 22.5 Å². The van der Waals surface area contributed by atoms with Crippen molar-refractivity contribution in [3.05, 3.63) is 107 Å². The number of carboxylic acid groups (broad SMARTS) is 1. The number of hydrogen-bond donors (Lipinski definition) is 1. The standard InChI is InChI=1S/C34H36N2O3/c1-22-11-13-26(14-12-22)31-28-21-36(27-17-15-25(16-18-27)24-9-7-6-8-10-24)20-19-29(28)35-23(2)30(31)32(33(37)38)39-34(3,4)5/h6-18,32H,19-21H2,1-5H3,(H,37,38). The van der Waals surface area contributed by atoms with Gasteiger partial charge in [-0.05, 0) is 69.0 Å². The number of hydrogen-bond acceptors (Lipinski definition) is 4. The molecule has 3 aromatic carbocycles. The summed E-state index contributed by atoms with van der Waals surface area (Å²) in [5.74, 6) is -1.01. The van der Waals surface area contributed by atoms with Crippen molar-refractivity contribution >= 4 is 11.7 Å². The Morgan fingerprint density at radius 3 is 2.13 bits per heavy atom. The van der Waals surface area contributed by atoms with Gasteiger partial charge in [0.05, 0.1) is 5.60 Å². The summed E-state index contributed by atoms with van der Waals surface area (Å²) in [5.41, 5.74) is 9.40. The van der Waals surface area contributed by atoms with Crippen LogP contribution in [0.3, 0.4) is 0 Å². The largest absolute Gasteiger partial charge is 0.479 e. The predicted molar refractivity (Wildman–Crippen MR) is 157 cm³/mol. The molecule has 5 heteroatoms. The maximum Gasteiger partial charge on any atom is 0.337 e. The number of aromatic nitrogens is 1. The molecule has 0 saturated heterocycles. The Kier molecular flexibility index (Phi) is 7.28. The van der Waals surface area contributed by atoms with Gasteiger partial charge in [0.15, 0.2) is 6.10 Å². The van der Waals surface area contributed by atoms with Crippen LogP contribution in [0.25, 0.3) is 22.3 Å².